The van der Waals surface area contributed by atoms with E-state index < -0.39 is 0 Å². The number of rotatable bonds is 3. The standard InChI is InChI=1S/C13H21N5O/c1-9-3-2-4-10(6-5-9)16-13(19)11-7-15-8-12(17-11)18-14/h7-10H,2-6,14H2,1H3,(H,16,19)(H,17,18). The Bertz CT molecular complexity index is 437. The molecule has 2 atom stereocenters. The Balaban J connectivity index is 1.96. The molecule has 6 heteroatoms. The summed E-state index contributed by atoms with van der Waals surface area (Å²) in [7, 11) is 0. The molecule has 0 aromatic carbocycles. The first-order valence-electron chi connectivity index (χ1n) is 6.78. The number of nitrogen functional groups attached to an aromatic ring is 1. The second kappa shape index (κ2) is 6.47. The number of hydrogen-bond donors (Lipinski definition) is 3. The van der Waals surface area contributed by atoms with Gasteiger partial charge in [-0.05, 0) is 25.2 Å². The summed E-state index contributed by atoms with van der Waals surface area (Å²) in [6.07, 6.45) is 8.59. The molecular formula is C13H21N5O. The number of amides is 1. The molecule has 6 nitrogen and oxygen atoms in total. The van der Waals surface area contributed by atoms with Crippen LogP contribution < -0.4 is 16.6 Å². The number of anilines is 1. The summed E-state index contributed by atoms with van der Waals surface area (Å²) in [6, 6.07) is 0.244. The first-order chi connectivity index (χ1) is 9.19. The van der Waals surface area contributed by atoms with Crippen LogP contribution in [-0.2, 0) is 0 Å². The predicted molar refractivity (Wildman–Crippen MR) is 73.3 cm³/mol. The van der Waals surface area contributed by atoms with Gasteiger partial charge >= 0.3 is 0 Å². The Morgan fingerprint density at radius 1 is 1.32 bits per heavy atom. The van der Waals surface area contributed by atoms with E-state index in [1.54, 1.807) is 0 Å². The number of hydrogen-bond acceptors (Lipinski definition) is 5. The molecule has 19 heavy (non-hydrogen) atoms. The van der Waals surface area contributed by atoms with Crippen molar-refractivity contribution in [1.82, 2.24) is 15.3 Å². The van der Waals surface area contributed by atoms with Gasteiger partial charge in [0.15, 0.2) is 5.82 Å². The fraction of sp³-hybridized carbons (Fsp3) is 0.615. The summed E-state index contributed by atoms with van der Waals surface area (Å²) < 4.78 is 0. The monoisotopic (exact) mass is 263 g/mol. The van der Waals surface area contributed by atoms with Crippen molar-refractivity contribution < 1.29 is 4.79 Å². The van der Waals surface area contributed by atoms with Gasteiger partial charge in [0.05, 0.1) is 12.4 Å². The summed E-state index contributed by atoms with van der Waals surface area (Å²) >= 11 is 0. The van der Waals surface area contributed by atoms with Crippen LogP contribution in [0.2, 0.25) is 0 Å². The van der Waals surface area contributed by atoms with Crippen molar-refractivity contribution >= 4 is 11.7 Å². The maximum absolute atomic E-state index is 12.1. The zero-order valence-electron chi connectivity index (χ0n) is 11.2. The van der Waals surface area contributed by atoms with Crippen molar-refractivity contribution in [3.8, 4) is 0 Å². The van der Waals surface area contributed by atoms with Gasteiger partial charge in [0.1, 0.15) is 5.69 Å². The number of aromatic nitrogens is 2. The molecule has 1 saturated carbocycles. The first kappa shape index (κ1) is 13.7. The Kier molecular flexibility index (Phi) is 4.68. The van der Waals surface area contributed by atoms with E-state index in [9.17, 15) is 4.79 Å². The molecule has 0 spiro atoms. The number of nitrogens with two attached hydrogens (primary N) is 1. The molecular weight excluding hydrogens is 242 g/mol. The van der Waals surface area contributed by atoms with Crippen molar-refractivity contribution in [3.63, 3.8) is 0 Å². The smallest absolute Gasteiger partial charge is 0.271 e. The summed E-state index contributed by atoms with van der Waals surface area (Å²) in [5.74, 6) is 6.22. The minimum Gasteiger partial charge on any atom is -0.348 e. The molecule has 1 amide bonds. The van der Waals surface area contributed by atoms with Gasteiger partial charge in [-0.1, -0.05) is 19.8 Å². The zero-order valence-corrected chi connectivity index (χ0v) is 11.2. The average Bonchev–Trinajstić information content (AvgIpc) is 2.64. The van der Waals surface area contributed by atoms with E-state index in [1.165, 1.54) is 31.7 Å². The van der Waals surface area contributed by atoms with Crippen molar-refractivity contribution in [3.05, 3.63) is 18.1 Å². The number of hydrazine groups is 1. The topological polar surface area (TPSA) is 92.9 Å². The number of nitrogens with zero attached hydrogens (tertiary/aromatic N) is 2. The summed E-state index contributed by atoms with van der Waals surface area (Å²) in [6.45, 7) is 2.27. The minimum atomic E-state index is -0.177. The fourth-order valence-corrected chi connectivity index (χ4v) is 2.44. The normalized spacial score (nSPS) is 23.5. The van der Waals surface area contributed by atoms with Crippen LogP contribution in [0.3, 0.4) is 0 Å². The van der Waals surface area contributed by atoms with Crippen LogP contribution in [0.25, 0.3) is 0 Å². The lowest BCUT2D eigenvalue weighted by molar-refractivity contribution is 0.0928. The van der Waals surface area contributed by atoms with Crippen LogP contribution in [0.15, 0.2) is 12.4 Å². The van der Waals surface area contributed by atoms with Gasteiger partial charge in [-0.25, -0.2) is 10.8 Å². The molecule has 2 rings (SSSR count). The van der Waals surface area contributed by atoms with Crippen molar-refractivity contribution in [2.24, 2.45) is 11.8 Å². The lowest BCUT2D eigenvalue weighted by Gasteiger charge is -2.16. The zero-order chi connectivity index (χ0) is 13.7. The first-order valence-corrected chi connectivity index (χ1v) is 6.78. The van der Waals surface area contributed by atoms with Crippen LogP contribution >= 0.6 is 0 Å². The van der Waals surface area contributed by atoms with Crippen LogP contribution in [0.4, 0.5) is 5.82 Å². The molecule has 1 aliphatic carbocycles. The second-order valence-electron chi connectivity index (χ2n) is 5.22. The highest BCUT2D eigenvalue weighted by Gasteiger charge is 2.19. The Morgan fingerprint density at radius 3 is 2.95 bits per heavy atom. The largest absolute Gasteiger partial charge is 0.348 e. The van der Waals surface area contributed by atoms with Gasteiger partial charge in [0.25, 0.3) is 5.91 Å². The number of carbonyl (C=O) groups is 1. The molecule has 0 saturated heterocycles. The van der Waals surface area contributed by atoms with Gasteiger partial charge in [-0.15, -0.1) is 0 Å². The summed E-state index contributed by atoms with van der Waals surface area (Å²) in [5.41, 5.74) is 2.69. The van der Waals surface area contributed by atoms with E-state index in [4.69, 9.17) is 5.84 Å². The SMILES string of the molecule is CC1CCCC(NC(=O)c2cncc(NN)n2)CC1. The van der Waals surface area contributed by atoms with Gasteiger partial charge in [0.2, 0.25) is 0 Å². The average molecular weight is 263 g/mol. The third kappa shape index (κ3) is 3.89. The van der Waals surface area contributed by atoms with Crippen molar-refractivity contribution in [2.75, 3.05) is 5.43 Å². The molecule has 1 fully saturated rings. The molecule has 1 aromatic heterocycles. The lowest BCUT2D eigenvalue weighted by atomic mass is 10.0. The van der Waals surface area contributed by atoms with Gasteiger partial charge in [-0.3, -0.25) is 9.78 Å². The van der Waals surface area contributed by atoms with E-state index in [2.05, 4.69) is 27.6 Å². The van der Waals surface area contributed by atoms with E-state index in [0.29, 0.717) is 11.5 Å². The molecule has 2 unspecified atom stereocenters. The van der Waals surface area contributed by atoms with Crippen molar-refractivity contribution in [1.29, 1.82) is 0 Å². The third-order valence-corrected chi connectivity index (χ3v) is 3.61. The lowest BCUT2D eigenvalue weighted by Crippen LogP contribution is -2.35. The molecule has 1 aromatic rings. The van der Waals surface area contributed by atoms with Crippen LogP contribution in [-0.4, -0.2) is 21.9 Å². The molecule has 0 radical (unpaired) electrons. The van der Waals surface area contributed by atoms with Crippen molar-refractivity contribution in [2.45, 2.75) is 45.1 Å². The Hall–Kier alpha value is -1.69. The molecule has 1 heterocycles. The molecule has 104 valence electrons. The van der Waals surface area contributed by atoms with E-state index in [-0.39, 0.29) is 11.9 Å². The fourth-order valence-electron chi connectivity index (χ4n) is 2.44. The maximum atomic E-state index is 12.1. The second-order valence-corrected chi connectivity index (χ2v) is 5.22. The third-order valence-electron chi connectivity index (χ3n) is 3.61. The van der Waals surface area contributed by atoms with Crippen LogP contribution in [0.5, 0.6) is 0 Å². The number of carbonyl (C=O) groups excluding carboxylic acids is 1. The molecule has 4 N–H and O–H groups in total. The van der Waals surface area contributed by atoms with Crippen LogP contribution in [0.1, 0.15) is 49.5 Å². The van der Waals surface area contributed by atoms with Gasteiger partial charge in [-0.2, -0.15) is 0 Å². The molecule has 0 bridgehead atoms. The predicted octanol–water partition coefficient (Wildman–Crippen LogP) is 1.46. The molecule has 0 aliphatic heterocycles. The highest BCUT2D eigenvalue weighted by atomic mass is 16.1. The highest BCUT2D eigenvalue weighted by Crippen LogP contribution is 2.22. The quantitative estimate of drug-likeness (QED) is 0.436. The van der Waals surface area contributed by atoms with Crippen LogP contribution in [0, 0.1) is 5.92 Å². The molecule has 1 aliphatic rings. The minimum absolute atomic E-state index is 0.177. The summed E-state index contributed by atoms with van der Waals surface area (Å²) in [5, 5.41) is 3.04. The van der Waals surface area contributed by atoms with Gasteiger partial charge < -0.3 is 10.7 Å². The Labute approximate surface area is 113 Å². The van der Waals surface area contributed by atoms with E-state index in [1.807, 2.05) is 0 Å². The Morgan fingerprint density at radius 2 is 2.16 bits per heavy atom. The van der Waals surface area contributed by atoms with E-state index >= 15 is 0 Å². The van der Waals surface area contributed by atoms with E-state index in [0.717, 1.165) is 18.8 Å². The highest BCUT2D eigenvalue weighted by molar-refractivity contribution is 5.92. The number of nitrogens with one attached hydrogen (secondary N) is 2. The summed E-state index contributed by atoms with van der Waals surface area (Å²) in [4.78, 5) is 20.1. The maximum Gasteiger partial charge on any atom is 0.271 e. The van der Waals surface area contributed by atoms with Gasteiger partial charge in [0, 0.05) is 6.04 Å².